The van der Waals surface area contributed by atoms with Crippen molar-refractivity contribution in [1.29, 1.82) is 0 Å². The van der Waals surface area contributed by atoms with E-state index >= 15 is 0 Å². The van der Waals surface area contributed by atoms with Crippen molar-refractivity contribution in [1.82, 2.24) is 4.98 Å². The molecule has 1 fully saturated rings. The SMILES string of the molecule is O=C(Nc1nccs1)C(CC1CCCC1)N1C(=O)Cc2ccc(Cl)cc21. The lowest BCUT2D eigenvalue weighted by Gasteiger charge is -2.29. The molecule has 1 atom stereocenters. The predicted molar refractivity (Wildman–Crippen MR) is 104 cm³/mol. The van der Waals surface area contributed by atoms with Crippen LogP contribution in [0.1, 0.15) is 37.7 Å². The molecule has 2 aromatic rings. The Morgan fingerprint density at radius 3 is 2.92 bits per heavy atom. The summed E-state index contributed by atoms with van der Waals surface area (Å²) in [6.45, 7) is 0. The summed E-state index contributed by atoms with van der Waals surface area (Å²) in [5.41, 5.74) is 1.69. The van der Waals surface area contributed by atoms with Gasteiger partial charge < -0.3 is 5.32 Å². The monoisotopic (exact) mass is 389 g/mol. The Bertz CT molecular complexity index is 818. The zero-order valence-electron chi connectivity index (χ0n) is 14.3. The van der Waals surface area contributed by atoms with Crippen LogP contribution < -0.4 is 10.2 Å². The largest absolute Gasteiger partial charge is 0.300 e. The molecule has 7 heteroatoms. The zero-order chi connectivity index (χ0) is 18.1. The third-order valence-electron chi connectivity index (χ3n) is 5.23. The number of nitrogens with one attached hydrogen (secondary N) is 1. The van der Waals surface area contributed by atoms with E-state index in [4.69, 9.17) is 11.6 Å². The number of amides is 2. The maximum absolute atomic E-state index is 13.1. The summed E-state index contributed by atoms with van der Waals surface area (Å²) in [7, 11) is 0. The number of thiazole rings is 1. The Morgan fingerprint density at radius 1 is 1.38 bits per heavy atom. The van der Waals surface area contributed by atoms with Crippen molar-refractivity contribution < 1.29 is 9.59 Å². The molecule has 1 N–H and O–H groups in total. The number of rotatable bonds is 5. The van der Waals surface area contributed by atoms with E-state index in [-0.39, 0.29) is 11.8 Å². The number of benzene rings is 1. The van der Waals surface area contributed by atoms with Crippen LogP contribution in [0.5, 0.6) is 0 Å². The van der Waals surface area contributed by atoms with Crippen molar-refractivity contribution in [3.8, 4) is 0 Å². The fraction of sp³-hybridized carbons (Fsp3) is 0.421. The van der Waals surface area contributed by atoms with E-state index in [2.05, 4.69) is 10.3 Å². The van der Waals surface area contributed by atoms with Gasteiger partial charge >= 0.3 is 0 Å². The highest BCUT2D eigenvalue weighted by Crippen LogP contribution is 2.37. The second-order valence-electron chi connectivity index (χ2n) is 6.94. The molecule has 2 aliphatic rings. The Morgan fingerprint density at radius 2 is 2.19 bits per heavy atom. The zero-order valence-corrected chi connectivity index (χ0v) is 15.9. The number of anilines is 2. The van der Waals surface area contributed by atoms with Gasteiger partial charge in [0.15, 0.2) is 5.13 Å². The van der Waals surface area contributed by atoms with Crippen LogP contribution in [0.3, 0.4) is 0 Å². The summed E-state index contributed by atoms with van der Waals surface area (Å²) in [6.07, 6.45) is 7.27. The van der Waals surface area contributed by atoms with Gasteiger partial charge in [0.1, 0.15) is 6.04 Å². The molecule has 26 heavy (non-hydrogen) atoms. The van der Waals surface area contributed by atoms with Crippen LogP contribution in [-0.4, -0.2) is 22.8 Å². The van der Waals surface area contributed by atoms with Crippen LogP contribution in [0.2, 0.25) is 5.02 Å². The molecule has 1 unspecified atom stereocenters. The Balaban J connectivity index is 1.64. The fourth-order valence-corrected chi connectivity index (χ4v) is 4.70. The van der Waals surface area contributed by atoms with Crippen molar-refractivity contribution in [3.05, 3.63) is 40.4 Å². The summed E-state index contributed by atoms with van der Waals surface area (Å²) in [4.78, 5) is 31.6. The Kier molecular flexibility index (Phi) is 4.96. The lowest BCUT2D eigenvalue weighted by molar-refractivity contribution is -0.123. The van der Waals surface area contributed by atoms with Gasteiger partial charge in [-0.05, 0) is 30.0 Å². The highest BCUT2D eigenvalue weighted by molar-refractivity contribution is 7.13. The molecule has 4 rings (SSSR count). The van der Waals surface area contributed by atoms with Crippen LogP contribution in [-0.2, 0) is 16.0 Å². The fourth-order valence-electron chi connectivity index (χ4n) is 4.00. The predicted octanol–water partition coefficient (Wildman–Crippen LogP) is 4.27. The van der Waals surface area contributed by atoms with Gasteiger partial charge in [0, 0.05) is 22.3 Å². The summed E-state index contributed by atoms with van der Waals surface area (Å²) >= 11 is 7.53. The molecule has 0 bridgehead atoms. The van der Waals surface area contributed by atoms with Gasteiger partial charge in [0.05, 0.1) is 6.42 Å². The van der Waals surface area contributed by atoms with Gasteiger partial charge in [0.2, 0.25) is 11.8 Å². The van der Waals surface area contributed by atoms with Gasteiger partial charge in [-0.25, -0.2) is 4.98 Å². The van der Waals surface area contributed by atoms with E-state index in [0.29, 0.717) is 28.9 Å². The molecule has 1 aliphatic carbocycles. The Labute approximate surface area is 161 Å². The maximum Gasteiger partial charge on any atom is 0.249 e. The van der Waals surface area contributed by atoms with E-state index in [1.54, 1.807) is 23.2 Å². The van der Waals surface area contributed by atoms with Crippen molar-refractivity contribution in [3.63, 3.8) is 0 Å². The molecular weight excluding hydrogens is 370 g/mol. The number of aromatic nitrogens is 1. The number of nitrogens with zero attached hydrogens (tertiary/aromatic N) is 2. The van der Waals surface area contributed by atoms with Gasteiger partial charge in [-0.2, -0.15) is 0 Å². The standard InChI is InChI=1S/C19H20ClN3O2S/c20-14-6-5-13-10-17(24)23(15(13)11-14)16(9-12-3-1-2-4-12)18(25)22-19-21-7-8-26-19/h5-8,11-12,16H,1-4,9-10H2,(H,21,22,25). The number of carbonyl (C=O) groups excluding carboxylic acids is 2. The second-order valence-corrected chi connectivity index (χ2v) is 8.27. The van der Waals surface area contributed by atoms with E-state index in [9.17, 15) is 9.59 Å². The summed E-state index contributed by atoms with van der Waals surface area (Å²) < 4.78 is 0. The smallest absolute Gasteiger partial charge is 0.249 e. The summed E-state index contributed by atoms with van der Waals surface area (Å²) in [5.74, 6) is 0.255. The number of carbonyl (C=O) groups is 2. The van der Waals surface area contributed by atoms with Crippen LogP contribution in [0, 0.1) is 5.92 Å². The van der Waals surface area contributed by atoms with Crippen LogP contribution in [0.4, 0.5) is 10.8 Å². The molecule has 2 heterocycles. The quantitative estimate of drug-likeness (QED) is 0.830. The first-order valence-corrected chi connectivity index (χ1v) is 10.2. The van der Waals surface area contributed by atoms with Crippen LogP contribution >= 0.6 is 22.9 Å². The first-order chi connectivity index (χ1) is 12.6. The van der Waals surface area contributed by atoms with Gasteiger partial charge in [0.25, 0.3) is 0 Å². The van der Waals surface area contributed by atoms with Crippen molar-refractivity contribution >= 4 is 45.6 Å². The Hall–Kier alpha value is -1.92. The van der Waals surface area contributed by atoms with Gasteiger partial charge in [-0.1, -0.05) is 43.4 Å². The molecule has 1 saturated carbocycles. The van der Waals surface area contributed by atoms with Crippen molar-refractivity contribution in [2.24, 2.45) is 5.92 Å². The highest BCUT2D eigenvalue weighted by Gasteiger charge is 2.38. The normalized spacial score (nSPS) is 18.2. The molecule has 136 valence electrons. The molecule has 2 amide bonds. The lowest BCUT2D eigenvalue weighted by Crippen LogP contribution is -2.47. The minimum atomic E-state index is -0.533. The minimum absolute atomic E-state index is 0.0421. The molecule has 1 aliphatic heterocycles. The summed E-state index contributed by atoms with van der Waals surface area (Å²) in [6, 6.07) is 4.93. The van der Waals surface area contributed by atoms with Crippen LogP contribution in [0.25, 0.3) is 0 Å². The van der Waals surface area contributed by atoms with E-state index in [0.717, 1.165) is 24.1 Å². The highest BCUT2D eigenvalue weighted by atomic mass is 35.5. The average Bonchev–Trinajstić information content (AvgIpc) is 3.34. The number of fused-ring (bicyclic) bond motifs is 1. The van der Waals surface area contributed by atoms with E-state index in [1.807, 2.05) is 11.4 Å². The maximum atomic E-state index is 13.1. The van der Waals surface area contributed by atoms with E-state index in [1.165, 1.54) is 24.2 Å². The topological polar surface area (TPSA) is 62.3 Å². The van der Waals surface area contributed by atoms with Crippen LogP contribution in [0.15, 0.2) is 29.8 Å². The van der Waals surface area contributed by atoms with Gasteiger partial charge in [-0.15, -0.1) is 11.3 Å². The average molecular weight is 390 g/mol. The lowest BCUT2D eigenvalue weighted by atomic mass is 9.96. The second kappa shape index (κ2) is 7.37. The number of hydrogen-bond acceptors (Lipinski definition) is 4. The van der Waals surface area contributed by atoms with Gasteiger partial charge in [-0.3, -0.25) is 14.5 Å². The molecule has 5 nitrogen and oxygen atoms in total. The van der Waals surface area contributed by atoms with Crippen molar-refractivity contribution in [2.45, 2.75) is 44.6 Å². The molecule has 1 aromatic heterocycles. The molecule has 1 aromatic carbocycles. The third-order valence-corrected chi connectivity index (χ3v) is 6.15. The minimum Gasteiger partial charge on any atom is -0.300 e. The molecular formula is C19H20ClN3O2S. The van der Waals surface area contributed by atoms with Crippen molar-refractivity contribution in [2.75, 3.05) is 10.2 Å². The number of hydrogen-bond donors (Lipinski definition) is 1. The number of halogens is 1. The first-order valence-electron chi connectivity index (χ1n) is 8.92. The first kappa shape index (κ1) is 17.5. The summed E-state index contributed by atoms with van der Waals surface area (Å²) in [5, 5.41) is 5.83. The molecule has 0 saturated heterocycles. The molecule has 0 spiro atoms. The van der Waals surface area contributed by atoms with E-state index < -0.39 is 6.04 Å². The third kappa shape index (κ3) is 3.48. The molecule has 0 radical (unpaired) electrons.